The topological polar surface area (TPSA) is 74.6 Å². The molecule has 2 aliphatic rings. The van der Waals surface area contributed by atoms with E-state index in [-0.39, 0.29) is 18.0 Å². The van der Waals surface area contributed by atoms with Gasteiger partial charge in [-0.25, -0.2) is 0 Å². The molecule has 6 nitrogen and oxygen atoms in total. The molecule has 0 saturated carbocycles. The number of nitrogens with one attached hydrogen (secondary N) is 1. The normalized spacial score (nSPS) is 19.8. The van der Waals surface area contributed by atoms with Gasteiger partial charge in [0.1, 0.15) is 6.07 Å². The zero-order valence-corrected chi connectivity index (χ0v) is 16.6. The molecule has 2 aromatic rings. The van der Waals surface area contributed by atoms with Crippen molar-refractivity contribution in [1.82, 2.24) is 4.90 Å². The van der Waals surface area contributed by atoms with Crippen LogP contribution in [0.1, 0.15) is 43.4 Å². The van der Waals surface area contributed by atoms with Gasteiger partial charge in [0, 0.05) is 12.5 Å². The third-order valence-electron chi connectivity index (χ3n) is 5.63. The van der Waals surface area contributed by atoms with E-state index in [1.54, 1.807) is 18.2 Å². The Labute approximate surface area is 171 Å². The van der Waals surface area contributed by atoms with E-state index in [0.717, 1.165) is 42.9 Å². The maximum Gasteiger partial charge on any atom is 0.241 e. The number of rotatable bonds is 4. The van der Waals surface area contributed by atoms with Crippen LogP contribution in [0.15, 0.2) is 42.5 Å². The number of hydrogen-bond acceptors (Lipinski definition) is 5. The Morgan fingerprint density at radius 2 is 1.97 bits per heavy atom. The average molecular weight is 391 g/mol. The van der Waals surface area contributed by atoms with E-state index in [1.807, 2.05) is 19.1 Å². The second-order valence-corrected chi connectivity index (χ2v) is 7.48. The second-order valence-electron chi connectivity index (χ2n) is 7.48. The second kappa shape index (κ2) is 8.54. The number of carbonyl (C=O) groups excluding carboxylic acids is 1. The maximum atomic E-state index is 12.9. The molecule has 150 valence electrons. The first kappa shape index (κ1) is 19.3. The summed E-state index contributed by atoms with van der Waals surface area (Å²) in [5.74, 6) is 1.47. The molecule has 1 saturated heterocycles. The number of likely N-dealkylation sites (tertiary alicyclic amines) is 1. The Morgan fingerprint density at radius 1 is 1.17 bits per heavy atom. The minimum Gasteiger partial charge on any atom is -0.490 e. The van der Waals surface area contributed by atoms with Gasteiger partial charge in [-0.1, -0.05) is 18.2 Å². The molecular weight excluding hydrogens is 366 g/mol. The lowest BCUT2D eigenvalue weighted by Gasteiger charge is -2.30. The van der Waals surface area contributed by atoms with E-state index >= 15 is 0 Å². The third kappa shape index (κ3) is 4.06. The van der Waals surface area contributed by atoms with Crippen molar-refractivity contribution in [1.29, 1.82) is 5.26 Å². The highest BCUT2D eigenvalue weighted by molar-refractivity contribution is 5.95. The lowest BCUT2D eigenvalue weighted by atomic mass is 10.0. The van der Waals surface area contributed by atoms with Crippen LogP contribution in [0.4, 0.5) is 5.69 Å². The number of nitriles is 1. The van der Waals surface area contributed by atoms with Crippen LogP contribution in [0.5, 0.6) is 11.5 Å². The van der Waals surface area contributed by atoms with Gasteiger partial charge in [0.15, 0.2) is 11.5 Å². The number of benzene rings is 2. The van der Waals surface area contributed by atoms with Crippen LogP contribution in [0.25, 0.3) is 0 Å². The molecule has 2 aromatic carbocycles. The van der Waals surface area contributed by atoms with Gasteiger partial charge in [-0.05, 0) is 56.1 Å². The van der Waals surface area contributed by atoms with E-state index in [1.165, 1.54) is 0 Å². The number of fused-ring (bicyclic) bond motifs is 1. The van der Waals surface area contributed by atoms with Crippen molar-refractivity contribution in [2.75, 3.05) is 25.1 Å². The molecular formula is C23H25N3O3. The van der Waals surface area contributed by atoms with Crippen molar-refractivity contribution in [2.45, 2.75) is 38.3 Å². The third-order valence-corrected chi connectivity index (χ3v) is 5.63. The van der Waals surface area contributed by atoms with Gasteiger partial charge < -0.3 is 14.8 Å². The van der Waals surface area contributed by atoms with Gasteiger partial charge >= 0.3 is 0 Å². The van der Waals surface area contributed by atoms with Crippen LogP contribution in [-0.4, -0.2) is 36.6 Å². The van der Waals surface area contributed by atoms with E-state index in [2.05, 4.69) is 28.4 Å². The number of carbonyl (C=O) groups is 1. The van der Waals surface area contributed by atoms with Crippen molar-refractivity contribution in [3.05, 3.63) is 53.6 Å². The predicted octanol–water partition coefficient (Wildman–Crippen LogP) is 3.88. The summed E-state index contributed by atoms with van der Waals surface area (Å²) in [5, 5.41) is 12.2. The highest BCUT2D eigenvalue weighted by Gasteiger charge is 2.33. The monoisotopic (exact) mass is 391 g/mol. The van der Waals surface area contributed by atoms with Gasteiger partial charge in [-0.2, -0.15) is 5.26 Å². The minimum absolute atomic E-state index is 0.103. The average Bonchev–Trinajstić information content (AvgIpc) is 3.12. The summed E-state index contributed by atoms with van der Waals surface area (Å²) in [6.45, 7) is 4.10. The van der Waals surface area contributed by atoms with E-state index in [9.17, 15) is 10.1 Å². The van der Waals surface area contributed by atoms with Crippen LogP contribution < -0.4 is 14.8 Å². The molecule has 1 N–H and O–H groups in total. The maximum absolute atomic E-state index is 12.9. The first-order valence-electron chi connectivity index (χ1n) is 10.1. The van der Waals surface area contributed by atoms with Crippen molar-refractivity contribution < 1.29 is 14.3 Å². The highest BCUT2D eigenvalue weighted by atomic mass is 16.5. The molecule has 4 rings (SSSR count). The molecule has 2 heterocycles. The van der Waals surface area contributed by atoms with Gasteiger partial charge in [-0.3, -0.25) is 9.69 Å². The molecule has 0 aliphatic carbocycles. The zero-order chi connectivity index (χ0) is 20.2. The fourth-order valence-corrected chi connectivity index (χ4v) is 4.08. The molecule has 0 bridgehead atoms. The summed E-state index contributed by atoms with van der Waals surface area (Å²) in [4.78, 5) is 15.1. The molecule has 6 heteroatoms. The summed E-state index contributed by atoms with van der Waals surface area (Å²) in [6, 6.07) is 15.1. The van der Waals surface area contributed by atoms with Gasteiger partial charge in [0.2, 0.25) is 5.91 Å². The summed E-state index contributed by atoms with van der Waals surface area (Å²) < 4.78 is 11.6. The molecule has 2 atom stereocenters. The first-order valence-corrected chi connectivity index (χ1v) is 10.1. The molecule has 2 aliphatic heterocycles. The number of para-hydroxylation sites is 1. The van der Waals surface area contributed by atoms with Crippen LogP contribution in [0.2, 0.25) is 0 Å². The standard InChI is InChI=1S/C23H25N3O3/c1-16(23(27)25-19-7-3-2-6-18(19)15-24)26-11-4-8-20(26)17-9-10-21-22(14-17)29-13-5-12-28-21/h2-3,6-7,9-10,14,16,20H,4-5,8,11-13H2,1H3,(H,25,27)/t16-,20-/m1/s1. The fourth-order valence-electron chi connectivity index (χ4n) is 4.08. The molecule has 1 fully saturated rings. The quantitative estimate of drug-likeness (QED) is 0.856. The van der Waals surface area contributed by atoms with Crippen LogP contribution in [0.3, 0.4) is 0 Å². The lowest BCUT2D eigenvalue weighted by Crippen LogP contribution is -2.41. The SMILES string of the molecule is C[C@H](C(=O)Nc1ccccc1C#N)N1CCC[C@@H]1c1ccc2c(c1)OCCCO2. The number of hydrogen-bond donors (Lipinski definition) is 1. The summed E-state index contributed by atoms with van der Waals surface area (Å²) in [6.07, 6.45) is 2.90. The van der Waals surface area contributed by atoms with Crippen molar-refractivity contribution in [3.63, 3.8) is 0 Å². The Morgan fingerprint density at radius 3 is 2.79 bits per heavy atom. The van der Waals surface area contributed by atoms with Crippen LogP contribution in [0, 0.1) is 11.3 Å². The molecule has 0 spiro atoms. The number of amides is 1. The van der Waals surface area contributed by atoms with Crippen molar-refractivity contribution in [2.24, 2.45) is 0 Å². The number of ether oxygens (including phenoxy) is 2. The number of nitrogens with zero attached hydrogens (tertiary/aromatic N) is 2. The largest absolute Gasteiger partial charge is 0.490 e. The Balaban J connectivity index is 1.51. The smallest absolute Gasteiger partial charge is 0.241 e. The van der Waals surface area contributed by atoms with Crippen molar-refractivity contribution in [3.8, 4) is 17.6 Å². The zero-order valence-electron chi connectivity index (χ0n) is 16.6. The predicted molar refractivity (Wildman–Crippen MR) is 110 cm³/mol. The Hall–Kier alpha value is -3.04. The number of anilines is 1. The van der Waals surface area contributed by atoms with E-state index < -0.39 is 0 Å². The molecule has 0 unspecified atom stereocenters. The molecule has 0 aromatic heterocycles. The van der Waals surface area contributed by atoms with E-state index in [0.29, 0.717) is 24.5 Å². The highest BCUT2D eigenvalue weighted by Crippen LogP contribution is 2.38. The summed E-state index contributed by atoms with van der Waals surface area (Å²) >= 11 is 0. The van der Waals surface area contributed by atoms with Gasteiger partial charge in [0.05, 0.1) is 30.5 Å². The van der Waals surface area contributed by atoms with Crippen molar-refractivity contribution >= 4 is 11.6 Å². The van der Waals surface area contributed by atoms with Crippen LogP contribution in [-0.2, 0) is 4.79 Å². The lowest BCUT2D eigenvalue weighted by molar-refractivity contribution is -0.121. The summed E-state index contributed by atoms with van der Waals surface area (Å²) in [5.41, 5.74) is 2.16. The molecule has 0 radical (unpaired) electrons. The summed E-state index contributed by atoms with van der Waals surface area (Å²) in [7, 11) is 0. The van der Waals surface area contributed by atoms with E-state index in [4.69, 9.17) is 9.47 Å². The Kier molecular flexibility index (Phi) is 5.68. The fraction of sp³-hybridized carbons (Fsp3) is 0.391. The van der Waals surface area contributed by atoms with Crippen LogP contribution >= 0.6 is 0 Å². The molecule has 29 heavy (non-hydrogen) atoms. The van der Waals surface area contributed by atoms with Gasteiger partial charge in [0.25, 0.3) is 0 Å². The molecule has 1 amide bonds. The first-order chi connectivity index (χ1) is 14.2. The minimum atomic E-state index is -0.315. The van der Waals surface area contributed by atoms with Gasteiger partial charge in [-0.15, -0.1) is 0 Å². The Bertz CT molecular complexity index is 937.